The highest BCUT2D eigenvalue weighted by Gasteiger charge is 2.25. The molecule has 0 fully saturated rings. The van der Waals surface area contributed by atoms with Crippen LogP contribution in [-0.4, -0.2) is 9.97 Å². The Morgan fingerprint density at radius 2 is 1.78 bits per heavy atom. The van der Waals surface area contributed by atoms with Crippen LogP contribution in [0, 0.1) is 5.41 Å². The van der Waals surface area contributed by atoms with Gasteiger partial charge in [0, 0.05) is 22.7 Å². The predicted octanol–water partition coefficient (Wildman–Crippen LogP) is 4.45. The average Bonchev–Trinajstić information content (AvgIpc) is 2.55. The first kappa shape index (κ1) is 13.1. The van der Waals surface area contributed by atoms with Crippen molar-refractivity contribution in [3.8, 4) is 0 Å². The molecule has 0 radical (unpaired) electrons. The van der Waals surface area contributed by atoms with E-state index in [9.17, 15) is 0 Å². The quantitative estimate of drug-likeness (QED) is 0.789. The molecule has 0 bridgehead atoms. The Kier molecular flexibility index (Phi) is 3.00. The Morgan fingerprint density at radius 3 is 2.33 bits per heavy atom. The Balaban J connectivity index is 2.66. The van der Waals surface area contributed by atoms with E-state index in [4.69, 9.17) is 0 Å². The fourth-order valence-electron chi connectivity index (χ4n) is 2.43. The van der Waals surface area contributed by atoms with Gasteiger partial charge in [-0.3, -0.25) is 0 Å². The molecule has 0 atom stereocenters. The lowest BCUT2D eigenvalue weighted by Gasteiger charge is -2.24. The second-order valence-electron chi connectivity index (χ2n) is 7.37. The number of pyridine rings is 1. The molecule has 0 saturated carbocycles. The van der Waals surface area contributed by atoms with E-state index in [1.54, 1.807) is 0 Å². The molecule has 0 aliphatic heterocycles. The van der Waals surface area contributed by atoms with Crippen LogP contribution in [0.15, 0.2) is 18.3 Å². The van der Waals surface area contributed by atoms with Crippen LogP contribution in [0.4, 0.5) is 0 Å². The van der Waals surface area contributed by atoms with Crippen LogP contribution in [0.25, 0.3) is 11.0 Å². The van der Waals surface area contributed by atoms with Gasteiger partial charge < -0.3 is 4.98 Å². The maximum absolute atomic E-state index is 4.45. The Hall–Kier alpha value is -1.31. The molecule has 0 spiro atoms. The van der Waals surface area contributed by atoms with Crippen molar-refractivity contribution in [2.24, 2.45) is 5.41 Å². The van der Waals surface area contributed by atoms with Gasteiger partial charge in [-0.1, -0.05) is 41.5 Å². The summed E-state index contributed by atoms with van der Waals surface area (Å²) >= 11 is 0. The molecule has 0 unspecified atom stereocenters. The zero-order chi connectivity index (χ0) is 13.6. The Morgan fingerprint density at radius 1 is 1.11 bits per heavy atom. The molecule has 98 valence electrons. The molecule has 0 saturated heterocycles. The SMILES string of the molecule is CC(C)(C)Cc1c(C(C)(C)C)[nH]c2ncccc12. The van der Waals surface area contributed by atoms with E-state index in [1.807, 2.05) is 12.3 Å². The summed E-state index contributed by atoms with van der Waals surface area (Å²) in [6.45, 7) is 13.6. The summed E-state index contributed by atoms with van der Waals surface area (Å²) in [5, 5.41) is 1.28. The summed E-state index contributed by atoms with van der Waals surface area (Å²) < 4.78 is 0. The van der Waals surface area contributed by atoms with E-state index in [1.165, 1.54) is 16.6 Å². The van der Waals surface area contributed by atoms with Crippen molar-refractivity contribution in [2.75, 3.05) is 0 Å². The lowest BCUT2D eigenvalue weighted by Crippen LogP contribution is -2.17. The summed E-state index contributed by atoms with van der Waals surface area (Å²) in [7, 11) is 0. The first-order chi connectivity index (χ1) is 8.18. The lowest BCUT2D eigenvalue weighted by molar-refractivity contribution is 0.407. The summed E-state index contributed by atoms with van der Waals surface area (Å²) in [4.78, 5) is 7.97. The van der Waals surface area contributed by atoms with Gasteiger partial charge in [0.25, 0.3) is 0 Å². The van der Waals surface area contributed by atoms with Gasteiger partial charge in [-0.05, 0) is 29.5 Å². The topological polar surface area (TPSA) is 28.7 Å². The summed E-state index contributed by atoms with van der Waals surface area (Å²) in [6.07, 6.45) is 2.93. The molecule has 0 aliphatic carbocycles. The third-order valence-corrected chi connectivity index (χ3v) is 3.14. The van der Waals surface area contributed by atoms with Crippen LogP contribution in [0.5, 0.6) is 0 Å². The first-order valence-corrected chi connectivity index (χ1v) is 6.64. The molecule has 2 nitrogen and oxygen atoms in total. The van der Waals surface area contributed by atoms with E-state index in [2.05, 4.69) is 57.6 Å². The van der Waals surface area contributed by atoms with Crippen LogP contribution >= 0.6 is 0 Å². The normalized spacial score (nSPS) is 13.2. The Bertz CT molecular complexity index is 550. The van der Waals surface area contributed by atoms with Gasteiger partial charge in [-0.25, -0.2) is 4.98 Å². The standard InChI is InChI=1S/C16H24N2/c1-15(2,3)10-12-11-8-7-9-17-14(11)18-13(12)16(4,5)6/h7-9H,10H2,1-6H3,(H,17,18). The minimum atomic E-state index is 0.126. The minimum absolute atomic E-state index is 0.126. The second-order valence-corrected chi connectivity index (χ2v) is 7.37. The maximum Gasteiger partial charge on any atom is 0.137 e. The smallest absolute Gasteiger partial charge is 0.137 e. The van der Waals surface area contributed by atoms with Gasteiger partial charge in [-0.15, -0.1) is 0 Å². The molecule has 0 aromatic carbocycles. The minimum Gasteiger partial charge on any atom is -0.343 e. The first-order valence-electron chi connectivity index (χ1n) is 6.64. The summed E-state index contributed by atoms with van der Waals surface area (Å²) in [5.74, 6) is 0. The van der Waals surface area contributed by atoms with Crippen LogP contribution in [-0.2, 0) is 11.8 Å². The van der Waals surface area contributed by atoms with Crippen molar-refractivity contribution in [3.05, 3.63) is 29.6 Å². The van der Waals surface area contributed by atoms with Gasteiger partial charge in [0.05, 0.1) is 0 Å². The monoisotopic (exact) mass is 244 g/mol. The number of aromatic nitrogens is 2. The molecular weight excluding hydrogens is 220 g/mol. The number of aromatic amines is 1. The molecule has 2 heterocycles. The predicted molar refractivity (Wildman–Crippen MR) is 78.0 cm³/mol. The van der Waals surface area contributed by atoms with Crippen LogP contribution in [0.1, 0.15) is 52.8 Å². The van der Waals surface area contributed by atoms with E-state index < -0.39 is 0 Å². The highest BCUT2D eigenvalue weighted by atomic mass is 14.9. The molecule has 2 rings (SSSR count). The van der Waals surface area contributed by atoms with E-state index in [-0.39, 0.29) is 10.8 Å². The third-order valence-electron chi connectivity index (χ3n) is 3.14. The van der Waals surface area contributed by atoms with Gasteiger partial charge in [0.1, 0.15) is 5.65 Å². The van der Waals surface area contributed by atoms with Gasteiger partial charge in [0.2, 0.25) is 0 Å². The van der Waals surface area contributed by atoms with Gasteiger partial charge in [-0.2, -0.15) is 0 Å². The largest absolute Gasteiger partial charge is 0.343 e. The average molecular weight is 244 g/mol. The molecule has 2 heteroatoms. The molecular formula is C16H24N2. The molecule has 18 heavy (non-hydrogen) atoms. The number of nitrogens with one attached hydrogen (secondary N) is 1. The number of rotatable bonds is 1. The van der Waals surface area contributed by atoms with E-state index >= 15 is 0 Å². The molecule has 0 amide bonds. The molecule has 2 aromatic rings. The lowest BCUT2D eigenvalue weighted by atomic mass is 9.82. The third kappa shape index (κ3) is 2.58. The fraction of sp³-hybridized carbons (Fsp3) is 0.562. The van der Waals surface area contributed by atoms with E-state index in [0.717, 1.165) is 12.1 Å². The van der Waals surface area contributed by atoms with Gasteiger partial charge >= 0.3 is 0 Å². The van der Waals surface area contributed by atoms with Crippen molar-refractivity contribution >= 4 is 11.0 Å². The zero-order valence-electron chi connectivity index (χ0n) is 12.4. The number of hydrogen-bond acceptors (Lipinski definition) is 1. The number of hydrogen-bond donors (Lipinski definition) is 1. The van der Waals surface area contributed by atoms with Crippen molar-refractivity contribution < 1.29 is 0 Å². The van der Waals surface area contributed by atoms with Crippen LogP contribution in [0.2, 0.25) is 0 Å². The fourth-order valence-corrected chi connectivity index (χ4v) is 2.43. The highest BCUT2D eigenvalue weighted by molar-refractivity contribution is 5.81. The number of nitrogens with zero attached hydrogens (tertiary/aromatic N) is 1. The van der Waals surface area contributed by atoms with Crippen LogP contribution in [0.3, 0.4) is 0 Å². The highest BCUT2D eigenvalue weighted by Crippen LogP contribution is 2.34. The number of fused-ring (bicyclic) bond motifs is 1. The number of H-pyrrole nitrogens is 1. The van der Waals surface area contributed by atoms with Crippen molar-refractivity contribution in [1.29, 1.82) is 0 Å². The van der Waals surface area contributed by atoms with Crippen molar-refractivity contribution in [3.63, 3.8) is 0 Å². The molecule has 2 aromatic heterocycles. The maximum atomic E-state index is 4.45. The van der Waals surface area contributed by atoms with Crippen molar-refractivity contribution in [2.45, 2.75) is 53.4 Å². The second kappa shape index (κ2) is 4.11. The molecule has 1 N–H and O–H groups in total. The van der Waals surface area contributed by atoms with E-state index in [0.29, 0.717) is 0 Å². The van der Waals surface area contributed by atoms with Crippen LogP contribution < -0.4 is 0 Å². The Labute approximate surface area is 110 Å². The van der Waals surface area contributed by atoms with Crippen molar-refractivity contribution in [1.82, 2.24) is 9.97 Å². The summed E-state index contributed by atoms with van der Waals surface area (Å²) in [5.41, 5.74) is 4.18. The molecule has 0 aliphatic rings. The van der Waals surface area contributed by atoms with Gasteiger partial charge in [0.15, 0.2) is 0 Å². The zero-order valence-corrected chi connectivity index (χ0v) is 12.4. The summed E-state index contributed by atoms with van der Waals surface area (Å²) in [6, 6.07) is 4.20.